The van der Waals surface area contributed by atoms with Crippen molar-refractivity contribution in [2.24, 2.45) is 5.14 Å². The van der Waals surface area contributed by atoms with Crippen LogP contribution in [0.3, 0.4) is 0 Å². The van der Waals surface area contributed by atoms with Gasteiger partial charge in [0, 0.05) is 14.8 Å². The Bertz CT molecular complexity index is 1100. The predicted octanol–water partition coefficient (Wildman–Crippen LogP) is 1.17. The van der Waals surface area contributed by atoms with Crippen LogP contribution in [0.15, 0.2) is 51.1 Å². The Morgan fingerprint density at radius 2 is 1.61 bits per heavy atom. The van der Waals surface area contributed by atoms with Crippen LogP contribution in [0.4, 0.5) is 18.9 Å². The molecule has 15 heteroatoms. The first kappa shape index (κ1) is 25.9. The maximum Gasteiger partial charge on any atom is 1.00 e. The number of primary sulfonamides is 1. The van der Waals surface area contributed by atoms with Gasteiger partial charge in [-0.3, -0.25) is 4.72 Å². The molecule has 0 amide bonds. The molecule has 0 saturated carbocycles. The number of hydrogen-bond donors (Lipinski definition) is 2. The summed E-state index contributed by atoms with van der Waals surface area (Å²) in [5.41, 5.74) is -6.07. The molecule has 0 unspecified atom stereocenters. The number of nitrogens with two attached hydrogens (primary N) is 1. The minimum atomic E-state index is -5.73. The van der Waals surface area contributed by atoms with E-state index in [9.17, 15) is 30.0 Å². The molecule has 0 aliphatic heterocycles. The van der Waals surface area contributed by atoms with Crippen LogP contribution in [0.2, 0.25) is 10.0 Å². The second-order valence-corrected chi connectivity index (χ2v) is 10.1. The number of hydrogen-bond acceptors (Lipinski definition) is 5. The molecule has 2 rings (SSSR count). The number of anilines is 1. The summed E-state index contributed by atoms with van der Waals surface area (Å²) in [6, 6.07) is 6.89. The number of benzene rings is 2. The van der Waals surface area contributed by atoms with Crippen LogP contribution in [0.25, 0.3) is 0 Å². The maximum absolute atomic E-state index is 12.6. The first-order valence-electron chi connectivity index (χ1n) is 6.59. The van der Waals surface area contributed by atoms with E-state index >= 15 is 0 Å². The van der Waals surface area contributed by atoms with Gasteiger partial charge >= 0.3 is 45.1 Å². The van der Waals surface area contributed by atoms with Gasteiger partial charge in [0.15, 0.2) is 0 Å². The van der Waals surface area contributed by atoms with E-state index < -0.39 is 36.1 Å². The summed E-state index contributed by atoms with van der Waals surface area (Å²) >= 11 is 12.5. The first-order valence-corrected chi connectivity index (χ1v) is 11.2. The van der Waals surface area contributed by atoms with Gasteiger partial charge in [0.25, 0.3) is 0 Å². The van der Waals surface area contributed by atoms with Gasteiger partial charge in [0.05, 0.1) is 15.6 Å². The van der Waals surface area contributed by atoms with E-state index in [0.717, 1.165) is 30.0 Å². The predicted molar refractivity (Wildman–Crippen MR) is 98.1 cm³/mol. The van der Waals surface area contributed by atoms with E-state index in [4.69, 9.17) is 28.3 Å². The molecule has 2 aromatic carbocycles. The third-order valence-corrected chi connectivity index (χ3v) is 6.75. The molecule has 0 aromatic heterocycles. The fraction of sp³-hybridized carbons (Fsp3) is 0.0769. The topological polar surface area (TPSA) is 106 Å². The zero-order valence-electron chi connectivity index (χ0n) is 14.8. The van der Waals surface area contributed by atoms with Gasteiger partial charge in [-0.2, -0.15) is 21.6 Å². The Kier molecular flexibility index (Phi) is 8.60. The molecule has 0 spiro atoms. The van der Waals surface area contributed by atoms with Crippen molar-refractivity contribution in [3.8, 4) is 0 Å². The largest absolute Gasteiger partial charge is 1.00 e. The molecule has 2 aromatic rings. The Morgan fingerprint density at radius 3 is 2.11 bits per heavy atom. The van der Waals surface area contributed by atoms with Crippen molar-refractivity contribution in [1.29, 1.82) is 0 Å². The van der Waals surface area contributed by atoms with Gasteiger partial charge in [-0.1, -0.05) is 35.0 Å². The Hall–Kier alpha value is -0.180. The van der Waals surface area contributed by atoms with E-state index in [-0.39, 0.29) is 40.9 Å². The summed E-state index contributed by atoms with van der Waals surface area (Å²) in [7, 11) is -9.92. The van der Waals surface area contributed by atoms with Gasteiger partial charge in [-0.05, 0) is 36.4 Å². The number of sulfonamides is 2. The SMILES string of the molecule is NS(=O)(=O)c1ccc(NS(=O)(=O)C(F)(F)F)c(Sc2ccc(Cl)cc2Cl)c1.[H-].[Na+]. The fourth-order valence-corrected chi connectivity index (χ4v) is 4.46. The van der Waals surface area contributed by atoms with Crippen LogP contribution in [0.1, 0.15) is 1.43 Å². The van der Waals surface area contributed by atoms with Crippen molar-refractivity contribution in [2.45, 2.75) is 20.2 Å². The molecular weight excluding hydrogens is 495 g/mol. The molecule has 0 fully saturated rings. The van der Waals surface area contributed by atoms with E-state index in [1.165, 1.54) is 22.9 Å². The molecule has 0 atom stereocenters. The molecule has 0 aliphatic carbocycles. The molecule has 150 valence electrons. The normalized spacial score (nSPS) is 12.4. The van der Waals surface area contributed by atoms with Crippen molar-refractivity contribution < 1.29 is 61.0 Å². The molecule has 0 aliphatic rings. The van der Waals surface area contributed by atoms with E-state index in [1.807, 2.05) is 0 Å². The maximum atomic E-state index is 12.6. The average Bonchev–Trinajstić information content (AvgIpc) is 2.49. The molecule has 0 radical (unpaired) electrons. The Balaban J connectivity index is 0.00000392. The van der Waals surface area contributed by atoms with Crippen LogP contribution in [0.5, 0.6) is 0 Å². The van der Waals surface area contributed by atoms with Crippen molar-refractivity contribution in [3.05, 3.63) is 46.4 Å². The number of nitrogens with one attached hydrogen (secondary N) is 1. The molecule has 0 bridgehead atoms. The second-order valence-electron chi connectivity index (χ2n) is 4.93. The van der Waals surface area contributed by atoms with Gasteiger partial charge in [0.1, 0.15) is 0 Å². The molecule has 0 heterocycles. The minimum absolute atomic E-state index is 0. The van der Waals surface area contributed by atoms with Gasteiger partial charge in [0.2, 0.25) is 10.0 Å². The number of alkyl halides is 3. The standard InChI is InChI=1S/C13H9Cl2F3N2O4S3.Na.H/c14-7-1-4-11(9(15)5-7)25-12-6-8(26(19,21)22)2-3-10(12)20-27(23,24)13(16,17)18;;/h1-6,20H,(H2,19,21,22);;/q;+1;-1. The smallest absolute Gasteiger partial charge is 1.00 e. The second kappa shape index (κ2) is 9.31. The third-order valence-electron chi connectivity index (χ3n) is 2.94. The van der Waals surface area contributed by atoms with Crippen LogP contribution in [-0.2, 0) is 20.0 Å². The zero-order chi connectivity index (χ0) is 20.6. The quantitative estimate of drug-likeness (QED) is 0.594. The minimum Gasteiger partial charge on any atom is -1.00 e. The third kappa shape index (κ3) is 6.41. The first-order chi connectivity index (χ1) is 12.2. The van der Waals surface area contributed by atoms with Crippen LogP contribution < -0.4 is 39.4 Å². The van der Waals surface area contributed by atoms with E-state index in [2.05, 4.69) is 0 Å². The molecule has 3 N–H and O–H groups in total. The van der Waals surface area contributed by atoms with Crippen LogP contribution in [0, 0.1) is 0 Å². The van der Waals surface area contributed by atoms with Crippen molar-refractivity contribution in [3.63, 3.8) is 0 Å². The summed E-state index contributed by atoms with van der Waals surface area (Å²) in [6.45, 7) is 0. The summed E-state index contributed by atoms with van der Waals surface area (Å²) in [4.78, 5) is -0.302. The summed E-state index contributed by atoms with van der Waals surface area (Å²) in [6.07, 6.45) is 0. The van der Waals surface area contributed by atoms with E-state index in [0.29, 0.717) is 9.92 Å². The van der Waals surface area contributed by atoms with E-state index in [1.54, 1.807) is 0 Å². The number of rotatable bonds is 5. The van der Waals surface area contributed by atoms with Crippen LogP contribution >= 0.6 is 35.0 Å². The molecule has 28 heavy (non-hydrogen) atoms. The van der Waals surface area contributed by atoms with Crippen molar-refractivity contribution in [2.75, 3.05) is 4.72 Å². The summed E-state index contributed by atoms with van der Waals surface area (Å²) in [5, 5.41) is 5.43. The Labute approximate surface area is 196 Å². The van der Waals surface area contributed by atoms with Gasteiger partial charge in [-0.15, -0.1) is 0 Å². The molecule has 0 saturated heterocycles. The zero-order valence-corrected chi connectivity index (χ0v) is 19.8. The van der Waals surface area contributed by atoms with Crippen molar-refractivity contribution in [1.82, 2.24) is 0 Å². The molecule has 6 nitrogen and oxygen atoms in total. The summed E-state index contributed by atoms with van der Waals surface area (Å²) in [5.74, 6) is 0. The number of halogens is 5. The van der Waals surface area contributed by atoms with Gasteiger partial charge in [-0.25, -0.2) is 13.6 Å². The van der Waals surface area contributed by atoms with Crippen LogP contribution in [-0.4, -0.2) is 22.3 Å². The monoisotopic (exact) mass is 504 g/mol. The fourth-order valence-electron chi connectivity index (χ4n) is 1.73. The molecular formula is C13H10Cl2F3N2NaO4S3. The Morgan fingerprint density at radius 1 is 1.00 bits per heavy atom. The average molecular weight is 505 g/mol. The van der Waals surface area contributed by atoms with Crippen molar-refractivity contribution >= 4 is 60.7 Å². The summed E-state index contributed by atoms with van der Waals surface area (Å²) < 4.78 is 85.1. The van der Waals surface area contributed by atoms with Gasteiger partial charge < -0.3 is 1.43 Å².